The lowest BCUT2D eigenvalue weighted by Crippen LogP contribution is -2.36. The van der Waals surface area contributed by atoms with Crippen molar-refractivity contribution in [1.82, 2.24) is 15.3 Å². The summed E-state index contributed by atoms with van der Waals surface area (Å²) in [6.45, 7) is 2.07. The molecule has 1 N–H and O–H groups in total. The van der Waals surface area contributed by atoms with Gasteiger partial charge in [0.05, 0.1) is 17.4 Å². The Labute approximate surface area is 94.7 Å². The first kappa shape index (κ1) is 10.6. The molecule has 1 aromatic heterocycles. The molecule has 0 saturated carbocycles. The molecule has 2 heterocycles. The SMILES string of the molecule is CN(C[C@H]1CCCN1)c1ncc(Cl)cn1. The van der Waals surface area contributed by atoms with E-state index >= 15 is 0 Å². The van der Waals surface area contributed by atoms with Gasteiger partial charge in [0, 0.05) is 19.6 Å². The minimum absolute atomic E-state index is 0.564. The molecule has 1 saturated heterocycles. The van der Waals surface area contributed by atoms with Crippen LogP contribution in [0, 0.1) is 0 Å². The van der Waals surface area contributed by atoms with E-state index in [1.54, 1.807) is 12.4 Å². The van der Waals surface area contributed by atoms with Gasteiger partial charge in [-0.15, -0.1) is 0 Å². The first-order valence-electron chi connectivity index (χ1n) is 5.18. The summed E-state index contributed by atoms with van der Waals surface area (Å²) in [4.78, 5) is 10.4. The van der Waals surface area contributed by atoms with E-state index in [0.29, 0.717) is 11.1 Å². The predicted octanol–water partition coefficient (Wildman–Crippen LogP) is 1.32. The van der Waals surface area contributed by atoms with Crippen LogP contribution in [0.2, 0.25) is 5.02 Å². The van der Waals surface area contributed by atoms with Gasteiger partial charge in [-0.25, -0.2) is 9.97 Å². The largest absolute Gasteiger partial charge is 0.342 e. The third-order valence-electron chi connectivity index (χ3n) is 2.60. The van der Waals surface area contributed by atoms with E-state index in [4.69, 9.17) is 11.6 Å². The van der Waals surface area contributed by atoms with Crippen molar-refractivity contribution in [2.75, 3.05) is 25.0 Å². The second kappa shape index (κ2) is 4.77. The monoisotopic (exact) mass is 226 g/mol. The van der Waals surface area contributed by atoms with Crippen LogP contribution in [-0.2, 0) is 0 Å². The number of hydrogen-bond acceptors (Lipinski definition) is 4. The molecule has 2 rings (SSSR count). The van der Waals surface area contributed by atoms with Gasteiger partial charge in [0.1, 0.15) is 0 Å². The van der Waals surface area contributed by atoms with Crippen molar-refractivity contribution >= 4 is 17.5 Å². The number of nitrogens with zero attached hydrogens (tertiary/aromatic N) is 3. The van der Waals surface area contributed by atoms with E-state index < -0.39 is 0 Å². The molecule has 0 spiro atoms. The fourth-order valence-electron chi connectivity index (χ4n) is 1.83. The van der Waals surface area contributed by atoms with Crippen molar-refractivity contribution < 1.29 is 0 Å². The van der Waals surface area contributed by atoms with Gasteiger partial charge in [-0.1, -0.05) is 11.6 Å². The van der Waals surface area contributed by atoms with Crippen LogP contribution >= 0.6 is 11.6 Å². The average Bonchev–Trinajstić information content (AvgIpc) is 2.71. The van der Waals surface area contributed by atoms with Gasteiger partial charge < -0.3 is 10.2 Å². The highest BCUT2D eigenvalue weighted by atomic mass is 35.5. The van der Waals surface area contributed by atoms with Gasteiger partial charge in [0.25, 0.3) is 0 Å². The van der Waals surface area contributed by atoms with Crippen LogP contribution in [0.3, 0.4) is 0 Å². The van der Waals surface area contributed by atoms with E-state index in [9.17, 15) is 0 Å². The summed E-state index contributed by atoms with van der Waals surface area (Å²) in [6, 6.07) is 0.564. The first-order valence-corrected chi connectivity index (χ1v) is 5.55. The van der Waals surface area contributed by atoms with E-state index in [1.807, 2.05) is 7.05 Å². The van der Waals surface area contributed by atoms with Gasteiger partial charge in [0.15, 0.2) is 0 Å². The zero-order chi connectivity index (χ0) is 10.7. The zero-order valence-electron chi connectivity index (χ0n) is 8.78. The maximum atomic E-state index is 5.73. The highest BCUT2D eigenvalue weighted by molar-refractivity contribution is 6.30. The van der Waals surface area contributed by atoms with Crippen molar-refractivity contribution in [3.63, 3.8) is 0 Å². The molecule has 1 aromatic rings. The fourth-order valence-corrected chi connectivity index (χ4v) is 1.92. The Balaban J connectivity index is 1.94. The molecule has 4 nitrogen and oxygen atoms in total. The summed E-state index contributed by atoms with van der Waals surface area (Å²) in [5.74, 6) is 0.730. The van der Waals surface area contributed by atoms with Crippen LogP contribution in [0.15, 0.2) is 12.4 Å². The summed E-state index contributed by atoms with van der Waals surface area (Å²) < 4.78 is 0. The summed E-state index contributed by atoms with van der Waals surface area (Å²) in [6.07, 6.45) is 5.75. The maximum Gasteiger partial charge on any atom is 0.225 e. The number of halogens is 1. The highest BCUT2D eigenvalue weighted by Gasteiger charge is 2.16. The van der Waals surface area contributed by atoms with Crippen LogP contribution in [0.1, 0.15) is 12.8 Å². The van der Waals surface area contributed by atoms with E-state index in [0.717, 1.165) is 19.0 Å². The predicted molar refractivity (Wildman–Crippen MR) is 61.3 cm³/mol. The van der Waals surface area contributed by atoms with Crippen LogP contribution in [0.25, 0.3) is 0 Å². The molecular weight excluding hydrogens is 212 g/mol. The normalized spacial score (nSPS) is 20.5. The molecular formula is C10H15ClN4. The molecule has 0 radical (unpaired) electrons. The number of anilines is 1. The number of rotatable bonds is 3. The molecule has 1 aliphatic heterocycles. The highest BCUT2D eigenvalue weighted by Crippen LogP contribution is 2.11. The van der Waals surface area contributed by atoms with Crippen LogP contribution in [0.4, 0.5) is 5.95 Å². The maximum absolute atomic E-state index is 5.73. The molecule has 82 valence electrons. The molecule has 0 aliphatic carbocycles. The smallest absolute Gasteiger partial charge is 0.225 e. The Morgan fingerprint density at radius 1 is 1.53 bits per heavy atom. The standard InChI is InChI=1S/C10H15ClN4/c1-15(7-9-3-2-4-12-9)10-13-5-8(11)6-14-10/h5-6,9,12H,2-4,7H2,1H3/t9-/m1/s1. The molecule has 0 bridgehead atoms. The first-order chi connectivity index (χ1) is 7.25. The summed E-state index contributed by atoms with van der Waals surface area (Å²) in [5, 5.41) is 4.02. The van der Waals surface area contributed by atoms with Gasteiger partial charge >= 0.3 is 0 Å². The quantitative estimate of drug-likeness (QED) is 0.844. The van der Waals surface area contributed by atoms with Crippen molar-refractivity contribution in [1.29, 1.82) is 0 Å². The lowest BCUT2D eigenvalue weighted by Gasteiger charge is -2.20. The number of likely N-dealkylation sites (N-methyl/N-ethyl adjacent to an activating group) is 1. The van der Waals surface area contributed by atoms with Gasteiger partial charge in [0.2, 0.25) is 5.95 Å². The molecule has 1 aliphatic rings. The Hall–Kier alpha value is -0.870. The number of aromatic nitrogens is 2. The minimum Gasteiger partial charge on any atom is -0.342 e. The molecule has 5 heteroatoms. The van der Waals surface area contributed by atoms with E-state index in [2.05, 4.69) is 20.2 Å². The van der Waals surface area contributed by atoms with Crippen LogP contribution < -0.4 is 10.2 Å². The Kier molecular flexibility index (Phi) is 3.38. The topological polar surface area (TPSA) is 41.0 Å². The molecule has 1 fully saturated rings. The second-order valence-corrected chi connectivity index (χ2v) is 4.31. The Morgan fingerprint density at radius 2 is 2.27 bits per heavy atom. The van der Waals surface area contributed by atoms with Crippen molar-refractivity contribution in [2.45, 2.75) is 18.9 Å². The zero-order valence-corrected chi connectivity index (χ0v) is 9.54. The second-order valence-electron chi connectivity index (χ2n) is 3.88. The Morgan fingerprint density at radius 3 is 2.87 bits per heavy atom. The third-order valence-corrected chi connectivity index (χ3v) is 2.80. The summed E-state index contributed by atoms with van der Waals surface area (Å²) >= 11 is 5.73. The van der Waals surface area contributed by atoms with Gasteiger partial charge in [-0.05, 0) is 19.4 Å². The van der Waals surface area contributed by atoms with Gasteiger partial charge in [-0.3, -0.25) is 0 Å². The molecule has 0 unspecified atom stereocenters. The molecule has 1 atom stereocenters. The third kappa shape index (κ3) is 2.79. The molecule has 0 amide bonds. The van der Waals surface area contributed by atoms with Crippen molar-refractivity contribution in [3.8, 4) is 0 Å². The van der Waals surface area contributed by atoms with Crippen LogP contribution in [0.5, 0.6) is 0 Å². The van der Waals surface area contributed by atoms with Crippen molar-refractivity contribution in [2.24, 2.45) is 0 Å². The average molecular weight is 227 g/mol. The lowest BCUT2D eigenvalue weighted by atomic mass is 10.2. The molecule has 0 aromatic carbocycles. The lowest BCUT2D eigenvalue weighted by molar-refractivity contribution is 0.594. The van der Waals surface area contributed by atoms with E-state index in [-0.39, 0.29) is 0 Å². The van der Waals surface area contributed by atoms with Crippen molar-refractivity contribution in [3.05, 3.63) is 17.4 Å². The minimum atomic E-state index is 0.564. The summed E-state index contributed by atoms with van der Waals surface area (Å²) in [5.41, 5.74) is 0. The van der Waals surface area contributed by atoms with E-state index in [1.165, 1.54) is 12.8 Å². The summed E-state index contributed by atoms with van der Waals surface area (Å²) in [7, 11) is 2.00. The van der Waals surface area contributed by atoms with Gasteiger partial charge in [-0.2, -0.15) is 0 Å². The Bertz CT molecular complexity index is 308. The molecule has 15 heavy (non-hydrogen) atoms. The number of hydrogen-bond donors (Lipinski definition) is 1. The number of nitrogens with one attached hydrogen (secondary N) is 1. The van der Waals surface area contributed by atoms with Crippen LogP contribution in [-0.4, -0.2) is 36.1 Å². The fraction of sp³-hybridized carbons (Fsp3) is 0.600.